The maximum Gasteiger partial charge on any atom is 0.337 e. The summed E-state index contributed by atoms with van der Waals surface area (Å²) >= 11 is 11.2. The number of thiocarbonyl (C=S) groups is 1. The molecule has 82 valence electrons. The van der Waals surface area contributed by atoms with E-state index in [-0.39, 0.29) is 11.5 Å². The van der Waals surface area contributed by atoms with Gasteiger partial charge in [0.05, 0.1) is 10.6 Å². The Bertz CT molecular complexity index is 369. The monoisotopic (exact) mass is 244 g/mol. The van der Waals surface area contributed by atoms with Crippen molar-refractivity contribution in [2.24, 2.45) is 5.92 Å². The van der Waals surface area contributed by atoms with Gasteiger partial charge in [0.2, 0.25) is 0 Å². The molecule has 0 aromatic rings. The molecule has 0 amide bonds. The number of carboxylic acids is 1. The van der Waals surface area contributed by atoms with Crippen LogP contribution in [-0.2, 0) is 4.79 Å². The van der Waals surface area contributed by atoms with Gasteiger partial charge in [-0.2, -0.15) is 0 Å². The number of carbonyl (C=O) groups is 1. The zero-order chi connectivity index (χ0) is 11.6. The molecule has 1 aliphatic carbocycles. The van der Waals surface area contributed by atoms with E-state index in [1.807, 2.05) is 13.8 Å². The van der Waals surface area contributed by atoms with Crippen molar-refractivity contribution in [2.75, 3.05) is 0 Å². The molecular formula is C11H13ClO2S. The number of carboxylic acid groups (broad SMARTS) is 1. The molecule has 0 bridgehead atoms. The van der Waals surface area contributed by atoms with Crippen LogP contribution in [0, 0.1) is 5.92 Å². The summed E-state index contributed by atoms with van der Waals surface area (Å²) in [5, 5.41) is 9.32. The molecule has 1 rings (SSSR count). The summed E-state index contributed by atoms with van der Waals surface area (Å²) in [6, 6.07) is 0. The number of allylic oxidation sites excluding steroid dienone is 2. The van der Waals surface area contributed by atoms with Crippen molar-refractivity contribution < 1.29 is 9.90 Å². The van der Waals surface area contributed by atoms with Crippen LogP contribution in [-0.4, -0.2) is 15.9 Å². The predicted molar refractivity (Wildman–Crippen MR) is 65.3 cm³/mol. The smallest absolute Gasteiger partial charge is 0.337 e. The van der Waals surface area contributed by atoms with Crippen LogP contribution in [0.15, 0.2) is 22.3 Å². The molecule has 4 heteroatoms. The Kier molecular flexibility index (Phi) is 4.05. The second-order valence-electron chi connectivity index (χ2n) is 3.42. The van der Waals surface area contributed by atoms with E-state index in [0.717, 1.165) is 18.4 Å². The Labute approximate surface area is 99.6 Å². The molecule has 0 heterocycles. The van der Waals surface area contributed by atoms with Crippen molar-refractivity contribution in [2.45, 2.75) is 26.7 Å². The minimum absolute atomic E-state index is 0.126. The third-order valence-corrected chi connectivity index (χ3v) is 3.44. The second-order valence-corrected chi connectivity index (χ2v) is 4.27. The Morgan fingerprint density at radius 3 is 2.60 bits per heavy atom. The number of hydrogen-bond acceptors (Lipinski definition) is 2. The first-order valence-corrected chi connectivity index (χ1v) is 5.69. The van der Waals surface area contributed by atoms with Gasteiger partial charge in [-0.1, -0.05) is 37.7 Å². The summed E-state index contributed by atoms with van der Waals surface area (Å²) in [7, 11) is 0. The molecule has 0 aromatic carbocycles. The highest BCUT2D eigenvalue weighted by Gasteiger charge is 2.27. The summed E-state index contributed by atoms with van der Waals surface area (Å²) in [5.41, 5.74) is 1.08. The van der Waals surface area contributed by atoms with Crippen molar-refractivity contribution in [3.05, 3.63) is 22.3 Å². The van der Waals surface area contributed by atoms with Gasteiger partial charge in [0.15, 0.2) is 0 Å². The molecule has 1 atom stereocenters. The Morgan fingerprint density at radius 2 is 2.20 bits per heavy atom. The number of halogens is 1. The van der Waals surface area contributed by atoms with Crippen LogP contribution in [0.4, 0.5) is 0 Å². The van der Waals surface area contributed by atoms with Gasteiger partial charge in [0, 0.05) is 10.8 Å². The number of aliphatic carboxylic acids is 1. The lowest BCUT2D eigenvalue weighted by Crippen LogP contribution is -2.20. The summed E-state index contributed by atoms with van der Waals surface area (Å²) < 4.78 is 0. The summed E-state index contributed by atoms with van der Waals surface area (Å²) in [4.78, 5) is 11.6. The predicted octanol–water partition coefficient (Wildman–Crippen LogP) is 3.31. The van der Waals surface area contributed by atoms with E-state index in [4.69, 9.17) is 28.9 Å². The lowest BCUT2D eigenvalue weighted by atomic mass is 9.85. The van der Waals surface area contributed by atoms with E-state index in [0.29, 0.717) is 9.90 Å². The molecule has 0 spiro atoms. The van der Waals surface area contributed by atoms with Gasteiger partial charge in [0.1, 0.15) is 0 Å². The van der Waals surface area contributed by atoms with E-state index in [1.165, 1.54) is 6.08 Å². The van der Waals surface area contributed by atoms with Crippen molar-refractivity contribution >= 4 is 34.7 Å². The molecule has 0 aromatic heterocycles. The van der Waals surface area contributed by atoms with Crippen molar-refractivity contribution in [1.29, 1.82) is 0 Å². The molecule has 0 saturated carbocycles. The van der Waals surface area contributed by atoms with Crippen LogP contribution in [0.25, 0.3) is 0 Å². The molecular weight excluding hydrogens is 232 g/mol. The first-order valence-electron chi connectivity index (χ1n) is 4.90. The normalized spacial score (nSPS) is 21.7. The minimum Gasteiger partial charge on any atom is -0.478 e. The lowest BCUT2D eigenvalue weighted by Gasteiger charge is -2.24. The standard InChI is InChI=1S/C11H13ClO2S/c1-3-6-7(4-2)10(12)8(11(13)14)5-9(6)15/h5-6H,3-4H2,1-2H3,(H,13,14). The molecule has 15 heavy (non-hydrogen) atoms. The minimum atomic E-state index is -1.01. The van der Waals surface area contributed by atoms with Gasteiger partial charge in [-0.05, 0) is 24.5 Å². The van der Waals surface area contributed by atoms with E-state index < -0.39 is 5.97 Å². The van der Waals surface area contributed by atoms with Crippen LogP contribution < -0.4 is 0 Å². The summed E-state index contributed by atoms with van der Waals surface area (Å²) in [6.45, 7) is 3.99. The van der Waals surface area contributed by atoms with Gasteiger partial charge >= 0.3 is 5.97 Å². The van der Waals surface area contributed by atoms with Crippen LogP contribution in [0.5, 0.6) is 0 Å². The van der Waals surface area contributed by atoms with E-state index in [9.17, 15) is 4.79 Å². The first-order chi connectivity index (χ1) is 7.02. The average Bonchev–Trinajstić information content (AvgIpc) is 2.19. The van der Waals surface area contributed by atoms with Crippen molar-refractivity contribution in [3.8, 4) is 0 Å². The molecule has 0 radical (unpaired) electrons. The third kappa shape index (κ3) is 2.29. The van der Waals surface area contributed by atoms with E-state index in [2.05, 4.69) is 0 Å². The molecule has 1 aliphatic rings. The van der Waals surface area contributed by atoms with Gasteiger partial charge < -0.3 is 5.11 Å². The average molecular weight is 245 g/mol. The van der Waals surface area contributed by atoms with Gasteiger partial charge in [-0.3, -0.25) is 0 Å². The molecule has 0 aliphatic heterocycles. The molecule has 2 nitrogen and oxygen atoms in total. The highest BCUT2D eigenvalue weighted by Crippen LogP contribution is 2.34. The molecule has 1 unspecified atom stereocenters. The van der Waals surface area contributed by atoms with Gasteiger partial charge in [-0.25, -0.2) is 4.79 Å². The molecule has 0 saturated heterocycles. The maximum atomic E-state index is 10.9. The quantitative estimate of drug-likeness (QED) is 0.774. The van der Waals surface area contributed by atoms with Crippen molar-refractivity contribution in [1.82, 2.24) is 0 Å². The van der Waals surface area contributed by atoms with E-state index in [1.54, 1.807) is 0 Å². The largest absolute Gasteiger partial charge is 0.478 e. The fourth-order valence-electron chi connectivity index (χ4n) is 1.81. The highest BCUT2D eigenvalue weighted by atomic mass is 35.5. The lowest BCUT2D eigenvalue weighted by molar-refractivity contribution is -0.132. The fraction of sp³-hybridized carbons (Fsp3) is 0.455. The van der Waals surface area contributed by atoms with Crippen molar-refractivity contribution in [3.63, 3.8) is 0 Å². The van der Waals surface area contributed by atoms with Gasteiger partial charge in [-0.15, -0.1) is 0 Å². The number of rotatable bonds is 3. The number of hydrogen-bond donors (Lipinski definition) is 1. The fourth-order valence-corrected chi connectivity index (χ4v) is 2.64. The highest BCUT2D eigenvalue weighted by molar-refractivity contribution is 7.80. The first kappa shape index (κ1) is 12.4. The Morgan fingerprint density at radius 1 is 1.60 bits per heavy atom. The molecule has 1 N–H and O–H groups in total. The summed E-state index contributed by atoms with van der Waals surface area (Å²) in [6.07, 6.45) is 3.11. The SMILES string of the molecule is CCC1=C(Cl)C(C(=O)O)=CC(=S)C1CC. The summed E-state index contributed by atoms with van der Waals surface area (Å²) in [5.74, 6) is -0.886. The topological polar surface area (TPSA) is 37.3 Å². The third-order valence-electron chi connectivity index (χ3n) is 2.59. The Hall–Kier alpha value is -0.670. The van der Waals surface area contributed by atoms with E-state index >= 15 is 0 Å². The second kappa shape index (κ2) is 4.90. The van der Waals surface area contributed by atoms with Crippen LogP contribution in [0.2, 0.25) is 0 Å². The van der Waals surface area contributed by atoms with Gasteiger partial charge in [0.25, 0.3) is 0 Å². The maximum absolute atomic E-state index is 10.9. The Balaban J connectivity index is 3.23. The molecule has 0 fully saturated rings. The zero-order valence-corrected chi connectivity index (χ0v) is 10.3. The zero-order valence-electron chi connectivity index (χ0n) is 8.71. The van der Waals surface area contributed by atoms with Crippen LogP contribution >= 0.6 is 23.8 Å². The van der Waals surface area contributed by atoms with Crippen LogP contribution in [0.1, 0.15) is 26.7 Å². The van der Waals surface area contributed by atoms with Crippen LogP contribution in [0.3, 0.4) is 0 Å².